The molecule has 0 saturated heterocycles. The van der Waals surface area contributed by atoms with Crippen molar-refractivity contribution in [2.75, 3.05) is 25.6 Å². The molecule has 0 heterocycles. The molecule has 0 fully saturated rings. The number of anilines is 1. The largest absolute Gasteiger partial charge is 0.479 e. The van der Waals surface area contributed by atoms with Crippen molar-refractivity contribution in [2.45, 2.75) is 18.9 Å². The van der Waals surface area contributed by atoms with Crippen molar-refractivity contribution < 1.29 is 29.0 Å². The summed E-state index contributed by atoms with van der Waals surface area (Å²) in [6.07, 6.45) is -1.78. The first-order chi connectivity index (χ1) is 16.9. The van der Waals surface area contributed by atoms with Gasteiger partial charge in [-0.15, -0.1) is 0 Å². The number of hydrogen-bond donors (Lipinski definition) is 3. The molecule has 0 aliphatic heterocycles. The molecule has 3 N–H and O–H groups in total. The first-order valence-electron chi connectivity index (χ1n) is 11.2. The topological polar surface area (TPSA) is 114 Å². The Bertz CT molecular complexity index is 1230. The summed E-state index contributed by atoms with van der Waals surface area (Å²) in [5, 5.41) is 14.3. The summed E-state index contributed by atoms with van der Waals surface area (Å²) in [5.41, 5.74) is 5.79. The number of rotatable bonds is 8. The predicted octanol–water partition coefficient (Wildman–Crippen LogP) is 4.19. The Balaban J connectivity index is 1.41. The van der Waals surface area contributed by atoms with E-state index >= 15 is 0 Å². The summed E-state index contributed by atoms with van der Waals surface area (Å²) in [4.78, 5) is 36.3. The third kappa shape index (κ3) is 5.02. The molecule has 180 valence electrons. The fourth-order valence-corrected chi connectivity index (χ4v) is 4.31. The number of ether oxygens (including phenoxy) is 2. The second-order valence-electron chi connectivity index (χ2n) is 8.20. The van der Waals surface area contributed by atoms with Crippen LogP contribution in [0.4, 0.5) is 10.5 Å². The van der Waals surface area contributed by atoms with Gasteiger partial charge in [0.15, 0.2) is 6.10 Å². The molecular weight excluding hydrogens is 448 g/mol. The summed E-state index contributed by atoms with van der Waals surface area (Å²) in [6, 6.07) is 21.1. The predicted molar refractivity (Wildman–Crippen MR) is 131 cm³/mol. The molecule has 1 atom stereocenters. The molecule has 1 unspecified atom stereocenters. The Morgan fingerprint density at radius 3 is 2.17 bits per heavy atom. The lowest BCUT2D eigenvalue weighted by atomic mass is 9.98. The third-order valence-corrected chi connectivity index (χ3v) is 6.17. The van der Waals surface area contributed by atoms with Crippen LogP contribution in [0.5, 0.6) is 0 Å². The highest BCUT2D eigenvalue weighted by molar-refractivity contribution is 5.98. The summed E-state index contributed by atoms with van der Waals surface area (Å²) in [7, 11) is 1.26. The van der Waals surface area contributed by atoms with E-state index in [0.717, 1.165) is 22.3 Å². The first kappa shape index (κ1) is 24.0. The number of nitrogens with one attached hydrogen (secondary N) is 2. The van der Waals surface area contributed by atoms with Crippen LogP contribution in [-0.4, -0.2) is 49.4 Å². The normalized spacial score (nSPS) is 12.9. The number of aliphatic carboxylic acids is 1. The van der Waals surface area contributed by atoms with Crippen LogP contribution in [0, 0.1) is 6.92 Å². The van der Waals surface area contributed by atoms with Crippen LogP contribution >= 0.6 is 0 Å². The van der Waals surface area contributed by atoms with Gasteiger partial charge in [0.05, 0.1) is 6.54 Å². The fourth-order valence-electron chi connectivity index (χ4n) is 4.31. The highest BCUT2D eigenvalue weighted by atomic mass is 16.5. The van der Waals surface area contributed by atoms with Crippen LogP contribution in [0.25, 0.3) is 11.1 Å². The quantitative estimate of drug-likeness (QED) is 0.451. The average molecular weight is 475 g/mol. The van der Waals surface area contributed by atoms with Crippen LogP contribution in [0.1, 0.15) is 33.0 Å². The maximum Gasteiger partial charge on any atom is 0.411 e. The van der Waals surface area contributed by atoms with Gasteiger partial charge >= 0.3 is 12.1 Å². The molecule has 2 amide bonds. The molecule has 4 rings (SSSR count). The fraction of sp³-hybridized carbons (Fsp3) is 0.222. The van der Waals surface area contributed by atoms with Crippen molar-refractivity contribution in [2.24, 2.45) is 0 Å². The minimum absolute atomic E-state index is 0.0608. The summed E-state index contributed by atoms with van der Waals surface area (Å²) in [5.74, 6) is -1.70. The van der Waals surface area contributed by atoms with Crippen LogP contribution in [0.15, 0.2) is 66.7 Å². The van der Waals surface area contributed by atoms with Crippen LogP contribution in [0.2, 0.25) is 0 Å². The van der Waals surface area contributed by atoms with E-state index in [4.69, 9.17) is 14.6 Å². The zero-order chi connectivity index (χ0) is 24.9. The Morgan fingerprint density at radius 1 is 0.943 bits per heavy atom. The van der Waals surface area contributed by atoms with Crippen LogP contribution in [0.3, 0.4) is 0 Å². The maximum absolute atomic E-state index is 12.6. The van der Waals surface area contributed by atoms with Gasteiger partial charge in [0, 0.05) is 24.3 Å². The van der Waals surface area contributed by atoms with E-state index in [1.807, 2.05) is 36.4 Å². The zero-order valence-corrected chi connectivity index (χ0v) is 19.4. The molecule has 35 heavy (non-hydrogen) atoms. The van der Waals surface area contributed by atoms with Gasteiger partial charge in [-0.05, 0) is 46.9 Å². The summed E-state index contributed by atoms with van der Waals surface area (Å²) >= 11 is 0. The van der Waals surface area contributed by atoms with Crippen molar-refractivity contribution in [3.8, 4) is 11.1 Å². The molecule has 0 radical (unpaired) electrons. The van der Waals surface area contributed by atoms with Gasteiger partial charge in [0.25, 0.3) is 5.91 Å². The lowest BCUT2D eigenvalue weighted by molar-refractivity contribution is -0.148. The Morgan fingerprint density at radius 2 is 1.57 bits per heavy atom. The number of methoxy groups -OCH3 is 1. The smallest absolute Gasteiger partial charge is 0.411 e. The maximum atomic E-state index is 12.6. The number of benzene rings is 3. The van der Waals surface area contributed by atoms with Gasteiger partial charge in [-0.25, -0.2) is 9.59 Å². The van der Waals surface area contributed by atoms with Crippen molar-refractivity contribution in [1.29, 1.82) is 0 Å². The average Bonchev–Trinajstić information content (AvgIpc) is 3.18. The number of carboxylic acid groups (broad SMARTS) is 1. The number of carbonyl (C=O) groups is 3. The minimum atomic E-state index is -1.17. The molecule has 1 aliphatic carbocycles. The van der Waals surface area contributed by atoms with E-state index in [2.05, 4.69) is 22.8 Å². The molecule has 0 spiro atoms. The van der Waals surface area contributed by atoms with Gasteiger partial charge in [-0.3, -0.25) is 10.1 Å². The Kier molecular flexibility index (Phi) is 7.12. The minimum Gasteiger partial charge on any atom is -0.479 e. The Hall–Kier alpha value is -4.17. The van der Waals surface area contributed by atoms with Gasteiger partial charge in [0.2, 0.25) is 0 Å². The highest BCUT2D eigenvalue weighted by Crippen LogP contribution is 2.44. The molecule has 3 aromatic carbocycles. The van der Waals surface area contributed by atoms with E-state index in [-0.39, 0.29) is 19.1 Å². The van der Waals surface area contributed by atoms with E-state index in [9.17, 15) is 14.4 Å². The van der Waals surface area contributed by atoms with E-state index in [1.165, 1.54) is 7.11 Å². The summed E-state index contributed by atoms with van der Waals surface area (Å²) in [6.45, 7) is 1.68. The molecule has 0 saturated carbocycles. The van der Waals surface area contributed by atoms with Crippen molar-refractivity contribution in [3.05, 3.63) is 89.0 Å². The third-order valence-electron chi connectivity index (χ3n) is 6.17. The molecule has 0 aromatic heterocycles. The molecule has 3 aromatic rings. The molecule has 1 aliphatic rings. The van der Waals surface area contributed by atoms with Gasteiger partial charge < -0.3 is 19.9 Å². The summed E-state index contributed by atoms with van der Waals surface area (Å²) < 4.78 is 10.4. The standard InChI is InChI=1S/C27H26N2O6/c1-16-17(25(30)28-14-24(34-2)26(31)32)12-7-13-23(16)29-27(33)35-15-22-20-10-5-3-8-18(20)19-9-4-6-11-21(19)22/h3-13,22,24H,14-15H2,1-2H3,(H,28,30)(H,29,33)(H,31,32). The van der Waals surface area contributed by atoms with Crippen LogP contribution < -0.4 is 10.6 Å². The molecule has 8 heteroatoms. The lowest BCUT2D eigenvalue weighted by Crippen LogP contribution is -2.38. The van der Waals surface area contributed by atoms with Crippen molar-refractivity contribution >= 4 is 23.7 Å². The van der Waals surface area contributed by atoms with Crippen molar-refractivity contribution in [3.63, 3.8) is 0 Å². The van der Waals surface area contributed by atoms with Gasteiger partial charge in [-0.2, -0.15) is 0 Å². The number of carbonyl (C=O) groups excluding carboxylic acids is 2. The first-order valence-corrected chi connectivity index (χ1v) is 11.2. The number of fused-ring (bicyclic) bond motifs is 3. The van der Waals surface area contributed by atoms with Crippen LogP contribution in [-0.2, 0) is 14.3 Å². The molecule has 8 nitrogen and oxygen atoms in total. The second-order valence-corrected chi connectivity index (χ2v) is 8.20. The van der Waals surface area contributed by atoms with E-state index in [0.29, 0.717) is 16.8 Å². The van der Waals surface area contributed by atoms with Crippen molar-refractivity contribution in [1.82, 2.24) is 5.32 Å². The lowest BCUT2D eigenvalue weighted by Gasteiger charge is -2.16. The number of hydrogen-bond acceptors (Lipinski definition) is 5. The van der Waals surface area contributed by atoms with E-state index < -0.39 is 24.1 Å². The number of carboxylic acids is 1. The van der Waals surface area contributed by atoms with Gasteiger partial charge in [0.1, 0.15) is 6.61 Å². The van der Waals surface area contributed by atoms with E-state index in [1.54, 1.807) is 25.1 Å². The molecule has 0 bridgehead atoms. The zero-order valence-electron chi connectivity index (χ0n) is 19.4. The number of amides is 2. The second kappa shape index (κ2) is 10.4. The SMILES string of the molecule is COC(CNC(=O)c1cccc(NC(=O)OCC2c3ccccc3-c3ccccc32)c1C)C(=O)O. The van der Waals surface area contributed by atoms with Gasteiger partial charge in [-0.1, -0.05) is 54.6 Å². The Labute approximate surface area is 202 Å². The monoisotopic (exact) mass is 474 g/mol. The highest BCUT2D eigenvalue weighted by Gasteiger charge is 2.29. The molecular formula is C27H26N2O6.